The molecule has 6 N–H and O–H groups in total. The minimum absolute atomic E-state index is 0.0783. The zero-order chi connectivity index (χ0) is 29.6. The third-order valence-corrected chi connectivity index (χ3v) is 11.5. The van der Waals surface area contributed by atoms with Crippen LogP contribution in [0.3, 0.4) is 0 Å². The molecule has 0 aliphatic heterocycles. The van der Waals surface area contributed by atoms with Crippen molar-refractivity contribution in [1.29, 1.82) is 0 Å². The van der Waals surface area contributed by atoms with Gasteiger partial charge in [-0.1, -0.05) is 33.8 Å². The summed E-state index contributed by atoms with van der Waals surface area (Å²) in [4.78, 5) is 55.1. The van der Waals surface area contributed by atoms with Crippen LogP contribution in [0.25, 0.3) is 0 Å². The molecule has 11 heteroatoms. The molecule has 0 aromatic heterocycles. The second kappa shape index (κ2) is 11.0. The van der Waals surface area contributed by atoms with Gasteiger partial charge in [-0.05, 0) is 42.9 Å². The van der Waals surface area contributed by atoms with Gasteiger partial charge in [0.05, 0.1) is 23.3 Å². The number of thioether (sulfide) groups is 1. The molecule has 8 atom stereocenters. The van der Waals surface area contributed by atoms with Crippen LogP contribution in [0.5, 0.6) is 0 Å². The predicted molar refractivity (Wildman–Crippen MR) is 156 cm³/mol. The van der Waals surface area contributed by atoms with Crippen LogP contribution in [0.15, 0.2) is 32.1 Å². The molecule has 2 bridgehead atoms. The number of guanidine groups is 1. The lowest BCUT2D eigenvalue weighted by Crippen LogP contribution is -2.63. The first kappa shape index (κ1) is 30.3. The topological polar surface area (TPSA) is 174 Å². The Bertz CT molecular complexity index is 1290. The molecule has 40 heavy (non-hydrogen) atoms. The highest BCUT2D eigenvalue weighted by molar-refractivity contribution is 8.00. The third-order valence-electron chi connectivity index (χ3n) is 10.5. The smallest absolute Gasteiger partial charge is 0.316 e. The van der Waals surface area contributed by atoms with E-state index in [0.29, 0.717) is 12.8 Å². The number of nitrogens with one attached hydrogen (secondary N) is 1. The SMILES string of the molecule is C=C[C@]1(C)C[C@@H](OC(=O)CSc2c(NCCN=C(N)N)c(=O)c2=O)[C@]2(C)[C@H](C)CC[C@]3(CCC(=O)[C@H]32)[C@@H](C)[C@@H]1O. The fourth-order valence-electron chi connectivity index (χ4n) is 7.86. The number of aliphatic imine (C=N–C) groups is 1. The number of nitrogens with two attached hydrogens (primary N) is 2. The Morgan fingerprint density at radius 1 is 1.23 bits per heavy atom. The quantitative estimate of drug-likeness (QED) is 0.0649. The summed E-state index contributed by atoms with van der Waals surface area (Å²) in [5, 5.41) is 14.5. The molecule has 3 fully saturated rings. The Labute approximate surface area is 239 Å². The average molecular weight is 575 g/mol. The zero-order valence-corrected chi connectivity index (χ0v) is 24.6. The first-order valence-corrected chi connectivity index (χ1v) is 15.0. The van der Waals surface area contributed by atoms with E-state index in [1.807, 2.05) is 6.92 Å². The molecule has 1 aromatic rings. The van der Waals surface area contributed by atoms with Gasteiger partial charge in [-0.2, -0.15) is 0 Å². The molecule has 4 rings (SSSR count). The van der Waals surface area contributed by atoms with E-state index in [9.17, 15) is 24.3 Å². The molecule has 0 unspecified atom stereocenters. The summed E-state index contributed by atoms with van der Waals surface area (Å²) in [5.41, 5.74) is 7.75. The molecular formula is C29H42N4O6S. The number of rotatable bonds is 9. The fourth-order valence-corrected chi connectivity index (χ4v) is 8.72. The Hall–Kier alpha value is -2.66. The number of anilines is 1. The minimum atomic E-state index is -0.747. The van der Waals surface area contributed by atoms with Crippen LogP contribution in [0.1, 0.15) is 59.8 Å². The van der Waals surface area contributed by atoms with Crippen LogP contribution in [0.4, 0.5) is 5.69 Å². The van der Waals surface area contributed by atoms with Crippen molar-refractivity contribution >= 4 is 35.2 Å². The van der Waals surface area contributed by atoms with Crippen molar-refractivity contribution in [3.8, 4) is 0 Å². The van der Waals surface area contributed by atoms with Gasteiger partial charge in [-0.25, -0.2) is 0 Å². The predicted octanol–water partition coefficient (Wildman–Crippen LogP) is 1.97. The number of ether oxygens (including phenoxy) is 1. The Morgan fingerprint density at radius 3 is 2.58 bits per heavy atom. The van der Waals surface area contributed by atoms with Gasteiger partial charge >= 0.3 is 5.97 Å². The summed E-state index contributed by atoms with van der Waals surface area (Å²) in [6.45, 7) is 12.7. The lowest BCUT2D eigenvalue weighted by Gasteiger charge is -2.61. The lowest BCUT2D eigenvalue weighted by molar-refractivity contribution is -0.205. The summed E-state index contributed by atoms with van der Waals surface area (Å²) in [7, 11) is 0. The molecule has 3 saturated carbocycles. The molecule has 10 nitrogen and oxygen atoms in total. The summed E-state index contributed by atoms with van der Waals surface area (Å²) in [5.74, 6) is -0.928. The third kappa shape index (κ3) is 4.78. The van der Waals surface area contributed by atoms with E-state index >= 15 is 0 Å². The molecule has 3 aliphatic carbocycles. The van der Waals surface area contributed by atoms with Crippen molar-refractivity contribution in [2.45, 2.75) is 76.9 Å². The number of aliphatic hydroxyl groups excluding tert-OH is 1. The van der Waals surface area contributed by atoms with Crippen molar-refractivity contribution < 1.29 is 19.4 Å². The summed E-state index contributed by atoms with van der Waals surface area (Å²) < 4.78 is 6.21. The molecule has 0 amide bonds. The van der Waals surface area contributed by atoms with Gasteiger partial charge in [-0.15, -0.1) is 18.3 Å². The number of nitrogens with zero attached hydrogens (tertiary/aromatic N) is 1. The normalized spacial score (nSPS) is 37.2. The monoisotopic (exact) mass is 574 g/mol. The first-order valence-electron chi connectivity index (χ1n) is 14.0. The molecule has 220 valence electrons. The number of carbonyl (C=O) groups is 2. The van der Waals surface area contributed by atoms with E-state index in [1.54, 1.807) is 6.08 Å². The number of Topliss-reactive ketones (excluding diaryl/α,β-unsaturated/α-hetero) is 1. The number of hydrogen-bond acceptors (Lipinski definition) is 9. The van der Waals surface area contributed by atoms with Crippen molar-refractivity contribution in [3.05, 3.63) is 33.1 Å². The number of hydrogen-bond donors (Lipinski definition) is 4. The molecular weight excluding hydrogens is 532 g/mol. The van der Waals surface area contributed by atoms with Gasteiger partial charge in [0.1, 0.15) is 17.6 Å². The molecule has 3 aliphatic rings. The fraction of sp³-hybridized carbons (Fsp3) is 0.690. The summed E-state index contributed by atoms with van der Waals surface area (Å²) >= 11 is 0.952. The molecule has 0 radical (unpaired) electrons. The molecule has 0 heterocycles. The average Bonchev–Trinajstić information content (AvgIpc) is 3.27. The van der Waals surface area contributed by atoms with Gasteiger partial charge in [-0.3, -0.25) is 24.2 Å². The summed E-state index contributed by atoms with van der Waals surface area (Å²) in [6.07, 6.45) is 3.62. The van der Waals surface area contributed by atoms with Crippen LogP contribution >= 0.6 is 11.8 Å². The van der Waals surface area contributed by atoms with E-state index in [4.69, 9.17) is 16.2 Å². The molecule has 0 saturated heterocycles. The van der Waals surface area contributed by atoms with E-state index in [2.05, 4.69) is 37.7 Å². The van der Waals surface area contributed by atoms with Crippen molar-refractivity contribution in [2.75, 3.05) is 24.2 Å². The van der Waals surface area contributed by atoms with Crippen molar-refractivity contribution in [1.82, 2.24) is 0 Å². The number of esters is 1. The van der Waals surface area contributed by atoms with Gasteiger partial charge in [0, 0.05) is 29.7 Å². The highest BCUT2D eigenvalue weighted by atomic mass is 32.2. The van der Waals surface area contributed by atoms with Crippen molar-refractivity contribution in [3.63, 3.8) is 0 Å². The number of carbonyl (C=O) groups excluding carboxylic acids is 2. The van der Waals surface area contributed by atoms with Crippen LogP contribution in [0, 0.1) is 34.0 Å². The first-order chi connectivity index (χ1) is 18.7. The number of aliphatic hydroxyl groups is 1. The summed E-state index contributed by atoms with van der Waals surface area (Å²) in [6, 6.07) is 0. The van der Waals surface area contributed by atoms with Gasteiger partial charge < -0.3 is 26.6 Å². The second-order valence-electron chi connectivity index (χ2n) is 12.4. The Morgan fingerprint density at radius 2 is 1.93 bits per heavy atom. The van der Waals surface area contributed by atoms with Gasteiger partial charge in [0.15, 0.2) is 5.96 Å². The second-order valence-corrected chi connectivity index (χ2v) is 13.4. The molecule has 1 aromatic carbocycles. The highest BCUT2D eigenvalue weighted by Gasteiger charge is 2.68. The largest absolute Gasteiger partial charge is 0.461 e. The standard InChI is InChI=1S/C29H42N4O6S/c1-6-27(4)13-18(28(5)15(2)7-9-29(16(3)25(27)38)10-8-17(34)24(28)29)39-19(35)14-40-23-20(21(36)22(23)37)32-11-12-33-26(30)31/h6,15-16,18,24-25,32,38H,1,7-14H2,2-5H3,(H4,30,31,33)/t15-,16+,18-,24+,25+,27-,28+,29+/m1/s1. The van der Waals surface area contributed by atoms with E-state index in [-0.39, 0.29) is 64.3 Å². The van der Waals surface area contributed by atoms with Crippen LogP contribution < -0.4 is 27.6 Å². The Balaban J connectivity index is 1.57. The maximum Gasteiger partial charge on any atom is 0.316 e. The van der Waals surface area contributed by atoms with E-state index in [1.165, 1.54) is 0 Å². The van der Waals surface area contributed by atoms with Crippen molar-refractivity contribution in [2.24, 2.45) is 50.5 Å². The maximum atomic E-state index is 13.5. The number of ketones is 1. The van der Waals surface area contributed by atoms with Gasteiger partial charge in [0.25, 0.3) is 5.43 Å². The highest BCUT2D eigenvalue weighted by Crippen LogP contribution is 2.68. The Kier molecular flexibility index (Phi) is 8.31. The minimum Gasteiger partial charge on any atom is -0.461 e. The molecule has 0 spiro atoms. The van der Waals surface area contributed by atoms with E-state index in [0.717, 1.165) is 31.0 Å². The maximum absolute atomic E-state index is 13.5. The van der Waals surface area contributed by atoms with Crippen LogP contribution in [-0.4, -0.2) is 53.9 Å². The van der Waals surface area contributed by atoms with Crippen LogP contribution in [-0.2, 0) is 14.3 Å². The lowest BCUT2D eigenvalue weighted by atomic mass is 9.44. The van der Waals surface area contributed by atoms with E-state index < -0.39 is 39.9 Å². The van der Waals surface area contributed by atoms with Crippen LogP contribution in [0.2, 0.25) is 0 Å². The van der Waals surface area contributed by atoms with Gasteiger partial charge in [0.2, 0.25) is 5.43 Å². The zero-order valence-electron chi connectivity index (χ0n) is 23.8.